The Bertz CT molecular complexity index is 482. The van der Waals surface area contributed by atoms with E-state index in [9.17, 15) is 4.79 Å². The van der Waals surface area contributed by atoms with Crippen LogP contribution in [-0.4, -0.2) is 32.1 Å². The standard InChI is InChI=1S/C13H15BrN2O2/c1-18-11-3-2-7(14)4-8(11)13(17)16-12-9-5-15-6-10(9)12/h2-4,9-10,12,15H,5-6H2,1H3,(H,16,17). The highest BCUT2D eigenvalue weighted by molar-refractivity contribution is 9.10. The molecule has 1 aliphatic heterocycles. The molecule has 18 heavy (non-hydrogen) atoms. The van der Waals surface area contributed by atoms with Crippen LogP contribution in [0, 0.1) is 11.8 Å². The molecular weight excluding hydrogens is 296 g/mol. The maximum atomic E-state index is 12.2. The Labute approximate surface area is 114 Å². The number of hydrogen-bond acceptors (Lipinski definition) is 3. The Morgan fingerprint density at radius 3 is 2.83 bits per heavy atom. The second-order valence-electron chi connectivity index (χ2n) is 4.83. The molecule has 1 aromatic rings. The smallest absolute Gasteiger partial charge is 0.255 e. The first kappa shape index (κ1) is 12.0. The zero-order valence-electron chi connectivity index (χ0n) is 10.1. The van der Waals surface area contributed by atoms with Gasteiger partial charge in [0.15, 0.2) is 0 Å². The molecule has 2 aliphatic rings. The van der Waals surface area contributed by atoms with Gasteiger partial charge in [-0.05, 0) is 30.0 Å². The predicted octanol–water partition coefficient (Wildman–Crippen LogP) is 1.41. The van der Waals surface area contributed by atoms with Crippen LogP contribution in [0.2, 0.25) is 0 Å². The van der Waals surface area contributed by atoms with E-state index >= 15 is 0 Å². The molecule has 3 rings (SSSR count). The van der Waals surface area contributed by atoms with Gasteiger partial charge in [-0.3, -0.25) is 4.79 Å². The summed E-state index contributed by atoms with van der Waals surface area (Å²) in [6.07, 6.45) is 0. The molecule has 4 nitrogen and oxygen atoms in total. The number of fused-ring (bicyclic) bond motifs is 1. The van der Waals surface area contributed by atoms with Gasteiger partial charge in [0.2, 0.25) is 0 Å². The van der Waals surface area contributed by atoms with E-state index in [0.717, 1.165) is 17.6 Å². The van der Waals surface area contributed by atoms with E-state index in [1.165, 1.54) is 0 Å². The summed E-state index contributed by atoms with van der Waals surface area (Å²) in [6, 6.07) is 5.80. The number of amides is 1. The number of rotatable bonds is 3. The number of benzene rings is 1. The van der Waals surface area contributed by atoms with Crippen molar-refractivity contribution in [3.8, 4) is 5.75 Å². The molecule has 1 saturated carbocycles. The molecule has 2 N–H and O–H groups in total. The molecule has 1 aliphatic carbocycles. The van der Waals surface area contributed by atoms with Crippen LogP contribution in [0.5, 0.6) is 5.75 Å². The van der Waals surface area contributed by atoms with Gasteiger partial charge in [-0.25, -0.2) is 0 Å². The minimum absolute atomic E-state index is 0.0486. The van der Waals surface area contributed by atoms with Crippen molar-refractivity contribution in [2.75, 3.05) is 20.2 Å². The van der Waals surface area contributed by atoms with Gasteiger partial charge in [-0.15, -0.1) is 0 Å². The highest BCUT2D eigenvalue weighted by atomic mass is 79.9. The quantitative estimate of drug-likeness (QED) is 0.887. The summed E-state index contributed by atoms with van der Waals surface area (Å²) >= 11 is 3.38. The maximum absolute atomic E-state index is 12.2. The average molecular weight is 311 g/mol. The summed E-state index contributed by atoms with van der Waals surface area (Å²) in [5.41, 5.74) is 0.588. The van der Waals surface area contributed by atoms with Crippen LogP contribution in [-0.2, 0) is 0 Å². The lowest BCUT2D eigenvalue weighted by Crippen LogP contribution is -2.32. The summed E-state index contributed by atoms with van der Waals surface area (Å²) < 4.78 is 6.10. The fourth-order valence-electron chi connectivity index (χ4n) is 2.72. The first-order chi connectivity index (χ1) is 8.70. The van der Waals surface area contributed by atoms with Crippen LogP contribution < -0.4 is 15.4 Å². The van der Waals surface area contributed by atoms with Crippen LogP contribution in [0.3, 0.4) is 0 Å². The molecule has 1 aromatic carbocycles. The number of hydrogen-bond donors (Lipinski definition) is 2. The second kappa shape index (κ2) is 4.55. The Morgan fingerprint density at radius 2 is 2.17 bits per heavy atom. The highest BCUT2D eigenvalue weighted by Gasteiger charge is 2.53. The third kappa shape index (κ3) is 2.01. The van der Waals surface area contributed by atoms with E-state index in [4.69, 9.17) is 4.74 Å². The molecule has 0 spiro atoms. The predicted molar refractivity (Wildman–Crippen MR) is 71.8 cm³/mol. The van der Waals surface area contributed by atoms with Crippen LogP contribution in [0.1, 0.15) is 10.4 Å². The number of nitrogens with one attached hydrogen (secondary N) is 2. The molecule has 1 amide bonds. The highest BCUT2D eigenvalue weighted by Crippen LogP contribution is 2.41. The van der Waals surface area contributed by atoms with E-state index < -0.39 is 0 Å². The van der Waals surface area contributed by atoms with Gasteiger partial charge in [0.25, 0.3) is 5.91 Å². The first-order valence-electron chi connectivity index (χ1n) is 6.06. The van der Waals surface area contributed by atoms with Crippen LogP contribution in [0.25, 0.3) is 0 Å². The maximum Gasteiger partial charge on any atom is 0.255 e. The van der Waals surface area contributed by atoms with Crippen molar-refractivity contribution in [1.29, 1.82) is 0 Å². The van der Waals surface area contributed by atoms with Gasteiger partial charge in [0.1, 0.15) is 5.75 Å². The van der Waals surface area contributed by atoms with Gasteiger partial charge in [-0.1, -0.05) is 15.9 Å². The largest absolute Gasteiger partial charge is 0.496 e. The minimum Gasteiger partial charge on any atom is -0.496 e. The van der Waals surface area contributed by atoms with E-state index in [1.54, 1.807) is 19.2 Å². The molecule has 2 atom stereocenters. The average Bonchev–Trinajstić information content (AvgIpc) is 2.81. The zero-order chi connectivity index (χ0) is 12.7. The molecule has 2 fully saturated rings. The molecule has 5 heteroatoms. The SMILES string of the molecule is COc1ccc(Br)cc1C(=O)NC1C2CNCC21. The topological polar surface area (TPSA) is 50.4 Å². The van der Waals surface area contributed by atoms with Crippen molar-refractivity contribution < 1.29 is 9.53 Å². The summed E-state index contributed by atoms with van der Waals surface area (Å²) in [5.74, 6) is 1.80. The van der Waals surface area contributed by atoms with Gasteiger partial charge in [0, 0.05) is 23.6 Å². The fourth-order valence-corrected chi connectivity index (χ4v) is 3.08. The molecule has 1 heterocycles. The molecule has 96 valence electrons. The van der Waals surface area contributed by atoms with Gasteiger partial charge < -0.3 is 15.4 Å². The Hall–Kier alpha value is -1.07. The van der Waals surface area contributed by atoms with E-state index in [1.807, 2.05) is 6.07 Å². The molecule has 0 aromatic heterocycles. The molecule has 0 bridgehead atoms. The van der Waals surface area contributed by atoms with Crippen molar-refractivity contribution in [3.63, 3.8) is 0 Å². The van der Waals surface area contributed by atoms with Crippen LogP contribution >= 0.6 is 15.9 Å². The van der Waals surface area contributed by atoms with Crippen molar-refractivity contribution >= 4 is 21.8 Å². The van der Waals surface area contributed by atoms with Crippen molar-refractivity contribution in [3.05, 3.63) is 28.2 Å². The minimum atomic E-state index is -0.0486. The summed E-state index contributed by atoms with van der Waals surface area (Å²) in [6.45, 7) is 2.04. The molecular formula is C13H15BrN2O2. The van der Waals surface area contributed by atoms with Crippen molar-refractivity contribution in [1.82, 2.24) is 10.6 Å². The van der Waals surface area contributed by atoms with Crippen molar-refractivity contribution in [2.24, 2.45) is 11.8 Å². The third-order valence-corrected chi connectivity index (χ3v) is 4.29. The van der Waals surface area contributed by atoms with Gasteiger partial charge in [-0.2, -0.15) is 0 Å². The summed E-state index contributed by atoms with van der Waals surface area (Å²) in [7, 11) is 1.58. The summed E-state index contributed by atoms with van der Waals surface area (Å²) in [5, 5.41) is 6.41. The number of carbonyl (C=O) groups is 1. The number of carbonyl (C=O) groups excluding carboxylic acids is 1. The molecule has 0 radical (unpaired) electrons. The van der Waals surface area contributed by atoms with Crippen molar-refractivity contribution in [2.45, 2.75) is 6.04 Å². The molecule has 2 unspecified atom stereocenters. The Kier molecular flexibility index (Phi) is 3.03. The van der Waals surface area contributed by atoms with Gasteiger partial charge >= 0.3 is 0 Å². The van der Waals surface area contributed by atoms with Crippen LogP contribution in [0.15, 0.2) is 22.7 Å². The third-order valence-electron chi connectivity index (χ3n) is 3.80. The van der Waals surface area contributed by atoms with Crippen LogP contribution in [0.4, 0.5) is 0 Å². The number of piperidine rings is 1. The lowest BCUT2D eigenvalue weighted by Gasteiger charge is -2.11. The zero-order valence-corrected chi connectivity index (χ0v) is 11.7. The number of halogens is 1. The lowest BCUT2D eigenvalue weighted by atomic mass is 10.2. The normalized spacial score (nSPS) is 28.7. The fraction of sp³-hybridized carbons (Fsp3) is 0.462. The monoisotopic (exact) mass is 310 g/mol. The second-order valence-corrected chi connectivity index (χ2v) is 5.75. The van der Waals surface area contributed by atoms with E-state index in [0.29, 0.717) is 29.2 Å². The number of ether oxygens (including phenoxy) is 1. The summed E-state index contributed by atoms with van der Waals surface area (Å²) in [4.78, 5) is 12.2. The van der Waals surface area contributed by atoms with Gasteiger partial charge in [0.05, 0.1) is 12.7 Å². The first-order valence-corrected chi connectivity index (χ1v) is 6.85. The Morgan fingerprint density at radius 1 is 1.44 bits per heavy atom. The lowest BCUT2D eigenvalue weighted by molar-refractivity contribution is 0.0943. The molecule has 1 saturated heterocycles. The Balaban J connectivity index is 1.74. The van der Waals surface area contributed by atoms with E-state index in [2.05, 4.69) is 26.6 Å². The number of methoxy groups -OCH3 is 1. The van der Waals surface area contributed by atoms with E-state index in [-0.39, 0.29) is 5.91 Å².